The number of fused-ring (bicyclic) bond motifs is 2. The molecule has 2 aliphatic heterocycles. The first-order valence-electron chi connectivity index (χ1n) is 5.79. The Morgan fingerprint density at radius 1 is 1.71 bits per heavy atom. The van der Waals surface area contributed by atoms with Crippen LogP contribution >= 0.6 is 0 Å². The zero-order chi connectivity index (χ0) is 12.6. The number of likely N-dealkylation sites (N-methyl/N-ethyl adjacent to an activating group) is 1. The SMILES string of the molecule is C=CCN(C)C(=O)C1CC2OC(=O)C1C=C2C. The van der Waals surface area contributed by atoms with E-state index in [1.807, 2.05) is 13.0 Å². The van der Waals surface area contributed by atoms with Crippen LogP contribution in [0.4, 0.5) is 0 Å². The fourth-order valence-electron chi connectivity index (χ4n) is 2.48. The Bertz CT molecular complexity index is 399. The number of nitrogens with zero attached hydrogens (tertiary/aromatic N) is 1. The highest BCUT2D eigenvalue weighted by Crippen LogP contribution is 2.38. The molecule has 3 rings (SSSR count). The third-order valence-electron chi connectivity index (χ3n) is 3.48. The van der Waals surface area contributed by atoms with Gasteiger partial charge in [-0.05, 0) is 12.5 Å². The maximum atomic E-state index is 12.2. The smallest absolute Gasteiger partial charge is 0.314 e. The third-order valence-corrected chi connectivity index (χ3v) is 3.48. The van der Waals surface area contributed by atoms with Crippen LogP contribution < -0.4 is 0 Å². The Balaban J connectivity index is 2.17. The minimum atomic E-state index is -0.403. The van der Waals surface area contributed by atoms with Crippen LogP contribution in [0.5, 0.6) is 0 Å². The molecule has 0 aromatic heterocycles. The van der Waals surface area contributed by atoms with E-state index in [0.29, 0.717) is 13.0 Å². The molecule has 2 heterocycles. The predicted octanol–water partition coefficient (Wildman–Crippen LogP) is 1.14. The summed E-state index contributed by atoms with van der Waals surface area (Å²) in [6, 6.07) is 0. The van der Waals surface area contributed by atoms with Crippen molar-refractivity contribution in [3.05, 3.63) is 24.3 Å². The molecule has 17 heavy (non-hydrogen) atoms. The van der Waals surface area contributed by atoms with Crippen molar-refractivity contribution in [2.45, 2.75) is 19.4 Å². The van der Waals surface area contributed by atoms with Gasteiger partial charge in [0.25, 0.3) is 0 Å². The Morgan fingerprint density at radius 3 is 3.00 bits per heavy atom. The maximum absolute atomic E-state index is 12.2. The standard InChI is InChI=1S/C13H17NO3/c1-4-5-14(3)12(15)9-7-11-8(2)6-10(9)13(16)17-11/h4,6,9-11H,1,5,7H2,2-3H3. The molecule has 0 radical (unpaired) electrons. The summed E-state index contributed by atoms with van der Waals surface area (Å²) in [5.41, 5.74) is 1.06. The van der Waals surface area contributed by atoms with Crippen molar-refractivity contribution in [3.63, 3.8) is 0 Å². The van der Waals surface area contributed by atoms with Gasteiger partial charge < -0.3 is 9.64 Å². The van der Waals surface area contributed by atoms with Gasteiger partial charge in [0.2, 0.25) is 5.91 Å². The molecular formula is C13H17NO3. The summed E-state index contributed by atoms with van der Waals surface area (Å²) in [6.07, 6.45) is 3.96. The van der Waals surface area contributed by atoms with Gasteiger partial charge in [0, 0.05) is 20.0 Å². The van der Waals surface area contributed by atoms with Crippen molar-refractivity contribution in [2.24, 2.45) is 11.8 Å². The quantitative estimate of drug-likeness (QED) is 0.544. The van der Waals surface area contributed by atoms with Crippen molar-refractivity contribution >= 4 is 11.9 Å². The van der Waals surface area contributed by atoms with Crippen LogP contribution in [0.3, 0.4) is 0 Å². The van der Waals surface area contributed by atoms with Gasteiger partial charge in [0.15, 0.2) is 0 Å². The average molecular weight is 235 g/mol. The van der Waals surface area contributed by atoms with E-state index in [9.17, 15) is 9.59 Å². The summed E-state index contributed by atoms with van der Waals surface area (Å²) >= 11 is 0. The number of ether oxygens (including phenoxy) is 1. The van der Waals surface area contributed by atoms with Crippen LogP contribution in [0.1, 0.15) is 13.3 Å². The van der Waals surface area contributed by atoms with Gasteiger partial charge in [-0.25, -0.2) is 0 Å². The van der Waals surface area contributed by atoms with E-state index in [-0.39, 0.29) is 23.9 Å². The van der Waals surface area contributed by atoms with Crippen LogP contribution in [-0.2, 0) is 14.3 Å². The zero-order valence-corrected chi connectivity index (χ0v) is 10.2. The van der Waals surface area contributed by atoms with E-state index in [1.165, 1.54) is 0 Å². The van der Waals surface area contributed by atoms with Crippen LogP contribution in [0, 0.1) is 11.8 Å². The fraction of sp³-hybridized carbons (Fsp3) is 0.538. The number of hydrogen-bond donors (Lipinski definition) is 0. The lowest BCUT2D eigenvalue weighted by atomic mass is 9.76. The van der Waals surface area contributed by atoms with E-state index in [0.717, 1.165) is 5.57 Å². The van der Waals surface area contributed by atoms with Gasteiger partial charge >= 0.3 is 5.97 Å². The normalized spacial score (nSPS) is 30.6. The minimum Gasteiger partial charge on any atom is -0.457 e. The molecule has 1 amide bonds. The molecule has 1 aliphatic carbocycles. The van der Waals surface area contributed by atoms with Crippen molar-refractivity contribution in [2.75, 3.05) is 13.6 Å². The van der Waals surface area contributed by atoms with E-state index >= 15 is 0 Å². The van der Waals surface area contributed by atoms with Crippen LogP contribution in [-0.4, -0.2) is 36.5 Å². The summed E-state index contributed by atoms with van der Waals surface area (Å²) in [5.74, 6) is -0.938. The van der Waals surface area contributed by atoms with Crippen LogP contribution in [0.25, 0.3) is 0 Å². The van der Waals surface area contributed by atoms with E-state index < -0.39 is 5.92 Å². The van der Waals surface area contributed by atoms with Crippen molar-refractivity contribution in [1.82, 2.24) is 4.90 Å². The second-order valence-electron chi connectivity index (χ2n) is 4.71. The lowest BCUT2D eigenvalue weighted by molar-refractivity contribution is -0.167. The van der Waals surface area contributed by atoms with Gasteiger partial charge in [0.05, 0.1) is 11.8 Å². The summed E-state index contributed by atoms with van der Waals surface area (Å²) < 4.78 is 5.22. The van der Waals surface area contributed by atoms with E-state index in [1.54, 1.807) is 18.0 Å². The van der Waals surface area contributed by atoms with Gasteiger partial charge in [-0.1, -0.05) is 12.2 Å². The molecule has 92 valence electrons. The topological polar surface area (TPSA) is 46.6 Å². The maximum Gasteiger partial charge on any atom is 0.314 e. The highest BCUT2D eigenvalue weighted by molar-refractivity contribution is 5.88. The van der Waals surface area contributed by atoms with Crippen LogP contribution in [0.2, 0.25) is 0 Å². The molecule has 0 N–H and O–H groups in total. The largest absolute Gasteiger partial charge is 0.457 e. The molecule has 0 aromatic rings. The summed E-state index contributed by atoms with van der Waals surface area (Å²) in [5, 5.41) is 0. The van der Waals surface area contributed by atoms with Crippen molar-refractivity contribution < 1.29 is 14.3 Å². The molecule has 3 atom stereocenters. The lowest BCUT2D eigenvalue weighted by Gasteiger charge is -2.39. The molecule has 3 aliphatic rings. The van der Waals surface area contributed by atoms with Crippen molar-refractivity contribution in [1.29, 1.82) is 0 Å². The summed E-state index contributed by atoms with van der Waals surface area (Å²) in [6.45, 7) is 6.05. The lowest BCUT2D eigenvalue weighted by Crippen LogP contribution is -2.48. The number of carbonyl (C=O) groups is 2. The molecule has 0 aromatic carbocycles. The molecule has 2 bridgehead atoms. The molecule has 1 saturated heterocycles. The third kappa shape index (κ3) is 1.99. The first-order chi connectivity index (χ1) is 8.04. The number of amides is 1. The minimum absolute atomic E-state index is 0.000278. The molecule has 3 unspecified atom stereocenters. The Labute approximate surface area is 101 Å². The van der Waals surface area contributed by atoms with E-state index in [4.69, 9.17) is 4.74 Å². The van der Waals surface area contributed by atoms with Gasteiger partial charge in [-0.15, -0.1) is 6.58 Å². The number of rotatable bonds is 3. The Kier molecular flexibility index (Phi) is 3.05. The molecule has 4 nitrogen and oxygen atoms in total. The highest BCUT2D eigenvalue weighted by atomic mass is 16.5. The first-order valence-corrected chi connectivity index (χ1v) is 5.79. The Hall–Kier alpha value is -1.58. The second-order valence-corrected chi connectivity index (χ2v) is 4.71. The molecule has 4 heteroatoms. The molecular weight excluding hydrogens is 218 g/mol. The monoisotopic (exact) mass is 235 g/mol. The molecule has 1 fully saturated rings. The van der Waals surface area contributed by atoms with E-state index in [2.05, 4.69) is 6.58 Å². The highest BCUT2D eigenvalue weighted by Gasteiger charge is 2.46. The predicted molar refractivity (Wildman–Crippen MR) is 63.1 cm³/mol. The van der Waals surface area contributed by atoms with Gasteiger partial charge in [-0.2, -0.15) is 0 Å². The van der Waals surface area contributed by atoms with Gasteiger partial charge in [0.1, 0.15) is 6.10 Å². The van der Waals surface area contributed by atoms with Gasteiger partial charge in [-0.3, -0.25) is 9.59 Å². The van der Waals surface area contributed by atoms with Crippen molar-refractivity contribution in [3.8, 4) is 0 Å². The number of carbonyl (C=O) groups excluding carboxylic acids is 2. The molecule has 0 spiro atoms. The fourth-order valence-corrected chi connectivity index (χ4v) is 2.48. The number of esters is 1. The van der Waals surface area contributed by atoms with Crippen LogP contribution in [0.15, 0.2) is 24.3 Å². The summed E-state index contributed by atoms with van der Waals surface area (Å²) in [7, 11) is 1.73. The molecule has 0 saturated carbocycles. The number of hydrogen-bond acceptors (Lipinski definition) is 3. The summed E-state index contributed by atoms with van der Waals surface area (Å²) in [4.78, 5) is 25.4. The zero-order valence-electron chi connectivity index (χ0n) is 10.2. The average Bonchev–Trinajstić information content (AvgIpc) is 2.30. The Morgan fingerprint density at radius 2 is 2.41 bits per heavy atom. The first kappa shape index (κ1) is 11.9. The second kappa shape index (κ2) is 4.35.